The molecule has 0 aliphatic carbocycles. The van der Waals surface area contributed by atoms with E-state index in [0.717, 1.165) is 73.6 Å². The number of piperazine rings is 1. The van der Waals surface area contributed by atoms with Gasteiger partial charge >= 0.3 is 0 Å². The molecule has 0 unspecified atom stereocenters. The number of allylic oxidation sites excluding steroid dienone is 1. The largest absolute Gasteiger partial charge is 0.492 e. The highest BCUT2D eigenvalue weighted by Crippen LogP contribution is 2.37. The maximum absolute atomic E-state index is 12.0. The van der Waals surface area contributed by atoms with Gasteiger partial charge in [0.15, 0.2) is 0 Å². The number of likely N-dealkylation sites (N-methyl/N-ethyl adjacent to an activating group) is 2. The fourth-order valence-electron chi connectivity index (χ4n) is 4.83. The summed E-state index contributed by atoms with van der Waals surface area (Å²) in [6.07, 6.45) is 2.59. The molecule has 1 aliphatic rings. The minimum Gasteiger partial charge on any atom is -0.492 e. The molecule has 194 valence electrons. The lowest BCUT2D eigenvalue weighted by molar-refractivity contribution is -0.104. The van der Waals surface area contributed by atoms with E-state index in [1.54, 1.807) is 6.08 Å². The van der Waals surface area contributed by atoms with E-state index in [1.165, 1.54) is 16.7 Å². The van der Waals surface area contributed by atoms with E-state index in [4.69, 9.17) is 4.74 Å². The van der Waals surface area contributed by atoms with Gasteiger partial charge in [-0.3, -0.25) is 9.69 Å². The van der Waals surface area contributed by atoms with Crippen LogP contribution in [0.1, 0.15) is 22.3 Å². The molecule has 0 radical (unpaired) electrons. The van der Waals surface area contributed by atoms with Crippen LogP contribution in [0.3, 0.4) is 0 Å². The number of benzene rings is 3. The van der Waals surface area contributed by atoms with E-state index in [2.05, 4.69) is 95.4 Å². The lowest BCUT2D eigenvalue weighted by Gasteiger charge is -2.33. The summed E-state index contributed by atoms with van der Waals surface area (Å²) in [5.41, 5.74) is 7.65. The van der Waals surface area contributed by atoms with Crippen molar-refractivity contribution in [3.8, 4) is 16.9 Å². The molecule has 5 nitrogen and oxygen atoms in total. The number of carbonyl (C=O) groups is 1. The molecular formula is C32H39N3O2. The highest BCUT2D eigenvalue weighted by atomic mass is 16.5. The summed E-state index contributed by atoms with van der Waals surface area (Å²) < 4.78 is 6.31. The summed E-state index contributed by atoms with van der Waals surface area (Å²) >= 11 is 0. The lowest BCUT2D eigenvalue weighted by atomic mass is 9.90. The van der Waals surface area contributed by atoms with Crippen LogP contribution in [0.4, 0.5) is 0 Å². The Morgan fingerprint density at radius 3 is 2.41 bits per heavy atom. The average Bonchev–Trinajstić information content (AvgIpc) is 2.89. The summed E-state index contributed by atoms with van der Waals surface area (Å²) in [5, 5.41) is 0. The topological polar surface area (TPSA) is 36.0 Å². The number of rotatable bonds is 10. The van der Waals surface area contributed by atoms with Crippen LogP contribution in [0.15, 0.2) is 72.8 Å². The molecule has 3 aromatic carbocycles. The first-order valence-corrected chi connectivity index (χ1v) is 13.1. The van der Waals surface area contributed by atoms with Crippen LogP contribution in [0.2, 0.25) is 0 Å². The fourth-order valence-corrected chi connectivity index (χ4v) is 4.83. The van der Waals surface area contributed by atoms with Crippen LogP contribution in [0.25, 0.3) is 16.7 Å². The predicted octanol–water partition coefficient (Wildman–Crippen LogP) is 4.98. The number of carbonyl (C=O) groups excluding carboxylic acids is 1. The van der Waals surface area contributed by atoms with Crippen LogP contribution >= 0.6 is 0 Å². The minimum absolute atomic E-state index is 0.570. The molecule has 1 heterocycles. The first-order valence-electron chi connectivity index (χ1n) is 13.1. The minimum atomic E-state index is 0.570. The zero-order valence-corrected chi connectivity index (χ0v) is 22.6. The number of hydrogen-bond donors (Lipinski definition) is 0. The fraction of sp³-hybridized carbons (Fsp3) is 0.344. The van der Waals surface area contributed by atoms with Crippen molar-refractivity contribution in [2.75, 3.05) is 60.5 Å². The van der Waals surface area contributed by atoms with E-state index in [9.17, 15) is 4.79 Å². The van der Waals surface area contributed by atoms with Crippen molar-refractivity contribution in [1.29, 1.82) is 0 Å². The molecule has 0 bridgehead atoms. The lowest BCUT2D eigenvalue weighted by Crippen LogP contribution is -2.44. The van der Waals surface area contributed by atoms with Crippen molar-refractivity contribution in [2.45, 2.75) is 13.5 Å². The average molecular weight is 498 g/mol. The second-order valence-electron chi connectivity index (χ2n) is 10.1. The first-order chi connectivity index (χ1) is 18.0. The Bertz CT molecular complexity index is 1230. The Labute approximate surface area is 222 Å². The molecule has 0 saturated carbocycles. The van der Waals surface area contributed by atoms with Crippen molar-refractivity contribution < 1.29 is 9.53 Å². The molecule has 4 rings (SSSR count). The van der Waals surface area contributed by atoms with Crippen LogP contribution < -0.4 is 4.74 Å². The number of ether oxygens (including phenoxy) is 1. The predicted molar refractivity (Wildman–Crippen MR) is 153 cm³/mol. The van der Waals surface area contributed by atoms with Gasteiger partial charge in [-0.2, -0.15) is 0 Å². The molecule has 0 aromatic heterocycles. The Morgan fingerprint density at radius 2 is 1.68 bits per heavy atom. The maximum atomic E-state index is 12.0. The SMILES string of the molecule is Cc1ccccc1-c1ccc(OCCN(C)C)c(C(=CC=O)c2ccccc2CN2CCN(C)CC2)c1. The smallest absolute Gasteiger partial charge is 0.143 e. The van der Waals surface area contributed by atoms with Crippen molar-refractivity contribution in [3.05, 3.63) is 95.1 Å². The van der Waals surface area contributed by atoms with Crippen molar-refractivity contribution >= 4 is 11.9 Å². The molecule has 0 N–H and O–H groups in total. The van der Waals surface area contributed by atoms with Gasteiger partial charge in [0.2, 0.25) is 0 Å². The first kappa shape index (κ1) is 26.8. The van der Waals surface area contributed by atoms with Gasteiger partial charge in [-0.25, -0.2) is 0 Å². The zero-order valence-electron chi connectivity index (χ0n) is 22.6. The highest BCUT2D eigenvalue weighted by molar-refractivity contribution is 5.93. The Balaban J connectivity index is 1.77. The molecule has 1 fully saturated rings. The molecule has 0 amide bonds. The zero-order chi connectivity index (χ0) is 26.2. The molecule has 1 aliphatic heterocycles. The molecule has 3 aromatic rings. The Hall–Kier alpha value is -3.25. The van der Waals surface area contributed by atoms with Gasteiger partial charge in [-0.15, -0.1) is 0 Å². The van der Waals surface area contributed by atoms with Crippen LogP contribution in [-0.4, -0.2) is 81.5 Å². The summed E-state index contributed by atoms with van der Waals surface area (Å²) in [6, 6.07) is 23.2. The molecule has 1 saturated heterocycles. The van der Waals surface area contributed by atoms with E-state index in [1.807, 2.05) is 14.1 Å². The van der Waals surface area contributed by atoms with Gasteiger partial charge in [0.25, 0.3) is 0 Å². The van der Waals surface area contributed by atoms with E-state index < -0.39 is 0 Å². The quantitative estimate of drug-likeness (QED) is 0.292. The van der Waals surface area contributed by atoms with Gasteiger partial charge < -0.3 is 14.5 Å². The molecule has 0 atom stereocenters. The summed E-state index contributed by atoms with van der Waals surface area (Å²) in [7, 11) is 6.26. The molecular weight excluding hydrogens is 458 g/mol. The second-order valence-corrected chi connectivity index (χ2v) is 10.1. The number of hydrogen-bond acceptors (Lipinski definition) is 5. The molecule has 5 heteroatoms. The van der Waals surface area contributed by atoms with Crippen molar-refractivity contribution in [1.82, 2.24) is 14.7 Å². The Kier molecular flexibility index (Phi) is 9.29. The third-order valence-electron chi connectivity index (χ3n) is 7.05. The molecule has 0 spiro atoms. The van der Waals surface area contributed by atoms with Gasteiger partial charge in [0.1, 0.15) is 18.6 Å². The Morgan fingerprint density at radius 1 is 0.946 bits per heavy atom. The van der Waals surface area contributed by atoms with E-state index in [-0.39, 0.29) is 0 Å². The number of nitrogens with zero attached hydrogens (tertiary/aromatic N) is 3. The van der Waals surface area contributed by atoms with Crippen molar-refractivity contribution in [3.63, 3.8) is 0 Å². The summed E-state index contributed by atoms with van der Waals surface area (Å²) in [4.78, 5) is 19.0. The van der Waals surface area contributed by atoms with E-state index >= 15 is 0 Å². The highest BCUT2D eigenvalue weighted by Gasteiger charge is 2.19. The number of aldehydes is 1. The molecule has 37 heavy (non-hydrogen) atoms. The van der Waals surface area contributed by atoms with Crippen molar-refractivity contribution in [2.24, 2.45) is 0 Å². The summed E-state index contributed by atoms with van der Waals surface area (Å²) in [6.45, 7) is 8.59. The second kappa shape index (κ2) is 12.8. The van der Waals surface area contributed by atoms with Gasteiger partial charge in [0.05, 0.1) is 0 Å². The maximum Gasteiger partial charge on any atom is 0.143 e. The van der Waals surface area contributed by atoms with E-state index in [0.29, 0.717) is 6.61 Å². The third-order valence-corrected chi connectivity index (χ3v) is 7.05. The number of aryl methyl sites for hydroxylation is 1. The van der Waals surface area contributed by atoms with Gasteiger partial charge in [0, 0.05) is 44.8 Å². The summed E-state index contributed by atoms with van der Waals surface area (Å²) in [5.74, 6) is 0.793. The standard InChI is InChI=1S/C32H39N3O2/c1-25-9-5-7-11-28(25)26-13-14-32(37-22-20-33(2)3)31(23-26)30(15-21-36)29-12-8-6-10-27(29)24-35-18-16-34(4)17-19-35/h5-15,21,23H,16-20,22,24H2,1-4H3. The van der Waals surface area contributed by atoms with Crippen LogP contribution in [0, 0.1) is 6.92 Å². The van der Waals surface area contributed by atoms with Gasteiger partial charge in [-0.1, -0.05) is 54.6 Å². The third kappa shape index (κ3) is 6.95. The normalized spacial score (nSPS) is 15.2. The van der Waals surface area contributed by atoms with Gasteiger partial charge in [-0.05, 0) is 79.7 Å². The van der Waals surface area contributed by atoms with Crippen LogP contribution in [-0.2, 0) is 11.3 Å². The monoisotopic (exact) mass is 497 g/mol. The van der Waals surface area contributed by atoms with Crippen LogP contribution in [0.5, 0.6) is 5.75 Å².